The van der Waals surface area contributed by atoms with Crippen molar-refractivity contribution in [3.63, 3.8) is 0 Å². The van der Waals surface area contributed by atoms with Crippen molar-refractivity contribution in [2.75, 3.05) is 13.2 Å². The van der Waals surface area contributed by atoms with Crippen molar-refractivity contribution in [2.24, 2.45) is 0 Å². The van der Waals surface area contributed by atoms with E-state index < -0.39 is 0 Å². The molecule has 88 valence electrons. The Balaban J connectivity index is 1.95. The normalized spacial score (nSPS) is 24.3. The number of nitrogens with one attached hydrogen (secondary N) is 1. The summed E-state index contributed by atoms with van der Waals surface area (Å²) in [5, 5.41) is 3.52. The summed E-state index contributed by atoms with van der Waals surface area (Å²) in [6.45, 7) is 8.26. The van der Waals surface area contributed by atoms with Crippen LogP contribution in [0.4, 0.5) is 0 Å². The third-order valence-corrected chi connectivity index (χ3v) is 3.20. The second-order valence-electron chi connectivity index (χ2n) is 5.33. The molecule has 1 saturated heterocycles. The first-order valence-electron chi connectivity index (χ1n) is 5.98. The Bertz CT molecular complexity index is 350. The molecule has 1 aliphatic rings. The molecule has 1 aromatic carbocycles. The van der Waals surface area contributed by atoms with Crippen LogP contribution in [0.25, 0.3) is 0 Å². The van der Waals surface area contributed by atoms with Gasteiger partial charge in [-0.25, -0.2) is 0 Å². The molecule has 0 aliphatic carbocycles. The molecule has 2 rings (SSSR count). The van der Waals surface area contributed by atoms with E-state index in [1.54, 1.807) is 0 Å². The van der Waals surface area contributed by atoms with Crippen LogP contribution in [0.15, 0.2) is 24.3 Å². The fraction of sp³-hybridized carbons (Fsp3) is 0.571. The maximum absolute atomic E-state index is 5.89. The molecule has 1 aliphatic heterocycles. The van der Waals surface area contributed by atoms with E-state index in [9.17, 15) is 0 Å². The third kappa shape index (κ3) is 2.83. The zero-order chi connectivity index (χ0) is 11.6. The molecule has 0 bridgehead atoms. The van der Waals surface area contributed by atoms with E-state index in [2.05, 4.69) is 50.4 Å². The fourth-order valence-electron chi connectivity index (χ4n) is 2.04. The third-order valence-electron chi connectivity index (χ3n) is 3.20. The lowest BCUT2D eigenvalue weighted by Crippen LogP contribution is -2.53. The number of aryl methyl sites for hydroxylation is 1. The maximum Gasteiger partial charge on any atom is 0.0740 e. The van der Waals surface area contributed by atoms with Crippen LogP contribution >= 0.6 is 0 Å². The van der Waals surface area contributed by atoms with E-state index in [4.69, 9.17) is 4.74 Å². The lowest BCUT2D eigenvalue weighted by atomic mass is 9.99. The van der Waals surface area contributed by atoms with Crippen LogP contribution in [0, 0.1) is 6.92 Å². The highest BCUT2D eigenvalue weighted by Crippen LogP contribution is 2.16. The Morgan fingerprint density at radius 2 is 2.12 bits per heavy atom. The Kier molecular flexibility index (Phi) is 3.31. The van der Waals surface area contributed by atoms with Gasteiger partial charge in [0, 0.05) is 18.5 Å². The largest absolute Gasteiger partial charge is 0.375 e. The Hall–Kier alpha value is -0.860. The highest BCUT2D eigenvalue weighted by Gasteiger charge is 2.26. The van der Waals surface area contributed by atoms with Crippen LogP contribution in [-0.4, -0.2) is 24.8 Å². The van der Waals surface area contributed by atoms with Gasteiger partial charge in [0.25, 0.3) is 0 Å². The van der Waals surface area contributed by atoms with Crippen molar-refractivity contribution in [2.45, 2.75) is 38.8 Å². The van der Waals surface area contributed by atoms with E-state index in [0.29, 0.717) is 6.10 Å². The summed E-state index contributed by atoms with van der Waals surface area (Å²) >= 11 is 0. The quantitative estimate of drug-likeness (QED) is 0.824. The predicted molar refractivity (Wildman–Crippen MR) is 66.7 cm³/mol. The zero-order valence-corrected chi connectivity index (χ0v) is 10.4. The first kappa shape index (κ1) is 11.6. The molecule has 1 aromatic rings. The van der Waals surface area contributed by atoms with Crippen molar-refractivity contribution >= 4 is 0 Å². The van der Waals surface area contributed by atoms with Crippen LogP contribution in [0.5, 0.6) is 0 Å². The minimum absolute atomic E-state index is 0.127. The minimum Gasteiger partial charge on any atom is -0.375 e. The Morgan fingerprint density at radius 1 is 1.38 bits per heavy atom. The van der Waals surface area contributed by atoms with Gasteiger partial charge in [0.05, 0.1) is 12.7 Å². The van der Waals surface area contributed by atoms with Crippen LogP contribution < -0.4 is 5.32 Å². The predicted octanol–water partition coefficient (Wildman–Crippen LogP) is 2.30. The number of hydrogen-bond donors (Lipinski definition) is 1. The molecule has 0 saturated carbocycles. The maximum atomic E-state index is 5.89. The molecule has 2 heteroatoms. The number of morpholine rings is 1. The van der Waals surface area contributed by atoms with Gasteiger partial charge in [0.2, 0.25) is 0 Å². The standard InChI is InChI=1S/C14H21NO/c1-11-6-4-5-7-12(11)8-13-9-15-14(2,3)10-16-13/h4-7,13,15H,8-10H2,1-3H3. The SMILES string of the molecule is Cc1ccccc1CC1CNC(C)(C)CO1. The van der Waals surface area contributed by atoms with E-state index >= 15 is 0 Å². The molecule has 0 aromatic heterocycles. The first-order valence-corrected chi connectivity index (χ1v) is 5.98. The molecule has 1 N–H and O–H groups in total. The molecule has 1 unspecified atom stereocenters. The van der Waals surface area contributed by atoms with Crippen molar-refractivity contribution in [1.29, 1.82) is 0 Å². The Labute approximate surface area is 98.0 Å². The number of hydrogen-bond acceptors (Lipinski definition) is 2. The van der Waals surface area contributed by atoms with E-state index in [1.807, 2.05) is 0 Å². The molecule has 0 radical (unpaired) electrons. The fourth-order valence-corrected chi connectivity index (χ4v) is 2.04. The summed E-state index contributed by atoms with van der Waals surface area (Å²) in [7, 11) is 0. The Morgan fingerprint density at radius 3 is 2.75 bits per heavy atom. The van der Waals surface area contributed by atoms with Crippen LogP contribution in [-0.2, 0) is 11.2 Å². The van der Waals surface area contributed by atoms with Gasteiger partial charge in [-0.3, -0.25) is 0 Å². The van der Waals surface area contributed by atoms with E-state index in [0.717, 1.165) is 19.6 Å². The highest BCUT2D eigenvalue weighted by atomic mass is 16.5. The second-order valence-corrected chi connectivity index (χ2v) is 5.33. The van der Waals surface area contributed by atoms with Gasteiger partial charge < -0.3 is 10.1 Å². The molecule has 1 atom stereocenters. The minimum atomic E-state index is 0.127. The van der Waals surface area contributed by atoms with E-state index in [1.165, 1.54) is 11.1 Å². The van der Waals surface area contributed by atoms with Gasteiger partial charge in [-0.2, -0.15) is 0 Å². The first-order chi connectivity index (χ1) is 7.57. The topological polar surface area (TPSA) is 21.3 Å². The molecule has 2 nitrogen and oxygen atoms in total. The lowest BCUT2D eigenvalue weighted by Gasteiger charge is -2.36. The van der Waals surface area contributed by atoms with Gasteiger partial charge >= 0.3 is 0 Å². The van der Waals surface area contributed by atoms with E-state index in [-0.39, 0.29) is 5.54 Å². The van der Waals surface area contributed by atoms with Crippen LogP contribution in [0.2, 0.25) is 0 Å². The number of rotatable bonds is 2. The zero-order valence-electron chi connectivity index (χ0n) is 10.4. The summed E-state index contributed by atoms with van der Waals surface area (Å²) in [6.07, 6.45) is 1.32. The van der Waals surface area contributed by atoms with Gasteiger partial charge in [0.1, 0.15) is 0 Å². The summed E-state index contributed by atoms with van der Waals surface area (Å²) < 4.78 is 5.89. The number of benzene rings is 1. The van der Waals surface area contributed by atoms with Gasteiger partial charge in [-0.05, 0) is 31.9 Å². The molecular weight excluding hydrogens is 198 g/mol. The van der Waals surface area contributed by atoms with Crippen LogP contribution in [0.1, 0.15) is 25.0 Å². The van der Waals surface area contributed by atoms with Crippen molar-refractivity contribution in [3.8, 4) is 0 Å². The van der Waals surface area contributed by atoms with Gasteiger partial charge in [-0.1, -0.05) is 24.3 Å². The van der Waals surface area contributed by atoms with Crippen LogP contribution in [0.3, 0.4) is 0 Å². The summed E-state index contributed by atoms with van der Waals surface area (Å²) in [6, 6.07) is 8.54. The van der Waals surface area contributed by atoms with Gasteiger partial charge in [0.15, 0.2) is 0 Å². The summed E-state index contributed by atoms with van der Waals surface area (Å²) in [4.78, 5) is 0. The van der Waals surface area contributed by atoms with Gasteiger partial charge in [-0.15, -0.1) is 0 Å². The lowest BCUT2D eigenvalue weighted by molar-refractivity contribution is -0.0207. The molecule has 1 fully saturated rings. The van der Waals surface area contributed by atoms with Crippen molar-refractivity contribution in [1.82, 2.24) is 5.32 Å². The number of ether oxygens (including phenoxy) is 1. The molecule has 1 heterocycles. The molecular formula is C14H21NO. The molecule has 16 heavy (non-hydrogen) atoms. The summed E-state index contributed by atoms with van der Waals surface area (Å²) in [5.41, 5.74) is 2.88. The average Bonchev–Trinajstić information content (AvgIpc) is 2.24. The van der Waals surface area contributed by atoms with Crippen molar-refractivity contribution in [3.05, 3.63) is 35.4 Å². The average molecular weight is 219 g/mol. The summed E-state index contributed by atoms with van der Waals surface area (Å²) in [5.74, 6) is 0. The molecule has 0 amide bonds. The smallest absolute Gasteiger partial charge is 0.0740 e. The highest BCUT2D eigenvalue weighted by molar-refractivity contribution is 5.26. The van der Waals surface area contributed by atoms with Crippen molar-refractivity contribution < 1.29 is 4.74 Å². The molecule has 0 spiro atoms. The second kappa shape index (κ2) is 4.56. The monoisotopic (exact) mass is 219 g/mol.